The molecule has 0 saturated carbocycles. The minimum absolute atomic E-state index is 0. The fourth-order valence-electron chi connectivity index (χ4n) is 2.54. The summed E-state index contributed by atoms with van der Waals surface area (Å²) in [6.07, 6.45) is 0. The molecule has 2 aromatic rings. The van der Waals surface area contributed by atoms with Crippen LogP contribution in [0.15, 0.2) is 58.5 Å². The molecule has 315 valence electrons. The molecule has 0 bridgehead atoms. The van der Waals surface area contributed by atoms with E-state index >= 15 is 0 Å². The Morgan fingerprint density at radius 1 is 0.585 bits per heavy atom. The average molecular weight is 923 g/mol. The molecular formula is C26H42B2Cu3F8N10O4. The van der Waals surface area contributed by atoms with Crippen molar-refractivity contribution < 1.29 is 106 Å². The van der Waals surface area contributed by atoms with Gasteiger partial charge in [0.2, 0.25) is 0 Å². The predicted molar refractivity (Wildman–Crippen MR) is 180 cm³/mol. The van der Waals surface area contributed by atoms with E-state index < -0.39 is 14.5 Å². The first-order valence-corrected chi connectivity index (χ1v) is 13.5. The van der Waals surface area contributed by atoms with Crippen molar-refractivity contribution >= 4 is 25.9 Å². The molecule has 53 heavy (non-hydrogen) atoms. The van der Waals surface area contributed by atoms with E-state index in [1.165, 1.54) is 9.82 Å². The molecule has 3 radical (unpaired) electrons. The number of aliphatic imine (C=N–C) groups is 2. The number of hydrogen-bond acceptors (Lipinski definition) is 8. The number of likely N-dealkylation sites (N-methyl/N-ethyl adjacent to an activating group) is 2. The second kappa shape index (κ2) is 47.0. The van der Waals surface area contributed by atoms with Gasteiger partial charge in [0.25, 0.3) is 0 Å². The van der Waals surface area contributed by atoms with E-state index in [0.29, 0.717) is 11.1 Å². The predicted octanol–water partition coefficient (Wildman–Crippen LogP) is 5.80. The number of halogens is 8. The minimum atomic E-state index is -6.00. The van der Waals surface area contributed by atoms with E-state index in [4.69, 9.17) is 32.3 Å². The van der Waals surface area contributed by atoms with Crippen LogP contribution in [0.25, 0.3) is 31.9 Å². The molecular weight excluding hydrogens is 881 g/mol. The molecule has 0 atom stereocenters. The second-order valence-corrected chi connectivity index (χ2v) is 8.70. The number of rotatable bonds is 8. The number of benzene rings is 2. The molecule has 0 heterocycles. The standard InChI is InChI=1S/2C12H18N2O.2CH4O.2BF4.3Cu.2N3/c2*1-10(13-8-9-14(2)3)11-6-4-5-7-12(11)15;2*1-2;2*2-1(3,4)5;;;;2*1-3-2/h2*4-7,15H,8-9H2,1-3H3;2*2H,1H3;;;;;;;/q;;;;2*-1;3*+2;2*-1/p-2. The van der Waals surface area contributed by atoms with Crippen LogP contribution in [0.4, 0.5) is 34.5 Å². The molecule has 0 aliphatic heterocycles. The van der Waals surface area contributed by atoms with Crippen LogP contribution in [-0.2, 0) is 51.2 Å². The second-order valence-electron chi connectivity index (χ2n) is 8.70. The molecule has 0 saturated heterocycles. The molecule has 0 aliphatic carbocycles. The van der Waals surface area contributed by atoms with Crippen molar-refractivity contribution in [2.24, 2.45) is 9.98 Å². The van der Waals surface area contributed by atoms with E-state index in [-0.39, 0.29) is 62.7 Å². The zero-order chi connectivity index (χ0) is 40.9. The summed E-state index contributed by atoms with van der Waals surface area (Å²) in [5.41, 5.74) is 30.1. The topological polar surface area (TPSA) is 235 Å². The number of para-hydroxylation sites is 2. The van der Waals surface area contributed by atoms with Gasteiger partial charge in [0.15, 0.2) is 0 Å². The van der Waals surface area contributed by atoms with Crippen LogP contribution in [0.1, 0.15) is 25.0 Å². The van der Waals surface area contributed by atoms with Gasteiger partial charge in [0.1, 0.15) is 0 Å². The van der Waals surface area contributed by atoms with Gasteiger partial charge in [0, 0.05) is 38.7 Å². The molecule has 14 nitrogen and oxygen atoms in total. The largest absolute Gasteiger partial charge is 2.00 e. The van der Waals surface area contributed by atoms with Gasteiger partial charge < -0.3 is 86.9 Å². The van der Waals surface area contributed by atoms with E-state index in [9.17, 15) is 44.7 Å². The average Bonchev–Trinajstić information content (AvgIpc) is 2.99. The Hall–Kier alpha value is -3.03. The van der Waals surface area contributed by atoms with Crippen molar-refractivity contribution in [1.82, 2.24) is 9.80 Å². The fraction of sp³-hybridized carbons (Fsp3) is 0.462. The quantitative estimate of drug-likeness (QED) is 0.0828. The number of hydrogen-bond donors (Lipinski definition) is 2. The first kappa shape index (κ1) is 71.4. The monoisotopic (exact) mass is 921 g/mol. The first-order valence-electron chi connectivity index (χ1n) is 13.5. The molecule has 0 aliphatic rings. The van der Waals surface area contributed by atoms with Crippen LogP contribution in [0.5, 0.6) is 11.5 Å². The first-order chi connectivity index (χ1) is 23.0. The van der Waals surface area contributed by atoms with Gasteiger partial charge in [-0.3, -0.25) is 19.8 Å². The Bertz CT molecular complexity index is 1140. The van der Waals surface area contributed by atoms with Crippen LogP contribution in [0.3, 0.4) is 0 Å². The molecule has 0 spiro atoms. The van der Waals surface area contributed by atoms with Gasteiger partial charge >= 0.3 is 65.7 Å². The Kier molecular flexibility index (Phi) is 63.3. The van der Waals surface area contributed by atoms with E-state index in [1.807, 2.05) is 66.3 Å². The normalized spacial score (nSPS) is 9.66. The van der Waals surface area contributed by atoms with Crippen LogP contribution >= 0.6 is 0 Å². The molecule has 27 heteroatoms. The summed E-state index contributed by atoms with van der Waals surface area (Å²) in [6, 6.07) is 14.0. The van der Waals surface area contributed by atoms with E-state index in [0.717, 1.165) is 51.8 Å². The maximum Gasteiger partial charge on any atom is 2.00 e. The zero-order valence-corrected chi connectivity index (χ0v) is 32.5. The summed E-state index contributed by atoms with van der Waals surface area (Å²) in [7, 11) is -1.97. The number of nitrogens with zero attached hydrogens (tertiary/aromatic N) is 10. The van der Waals surface area contributed by atoms with Crippen molar-refractivity contribution in [3.63, 3.8) is 0 Å². The third-order valence-corrected chi connectivity index (χ3v) is 4.35. The fourth-order valence-corrected chi connectivity index (χ4v) is 2.54. The van der Waals surface area contributed by atoms with Crippen molar-refractivity contribution in [3.8, 4) is 11.5 Å². The van der Waals surface area contributed by atoms with Crippen molar-refractivity contribution in [2.45, 2.75) is 13.8 Å². The van der Waals surface area contributed by atoms with Gasteiger partial charge in [-0.2, -0.15) is 0 Å². The summed E-state index contributed by atoms with van der Waals surface area (Å²) in [6.45, 7) is 7.02. The molecule has 0 amide bonds. The van der Waals surface area contributed by atoms with E-state index in [1.54, 1.807) is 24.3 Å². The van der Waals surface area contributed by atoms with Gasteiger partial charge in [0.05, 0.1) is 13.1 Å². The maximum absolute atomic E-state index is 11.5. The SMILES string of the molecule is CC(=NCCN(C)C)c1ccccc1[O-].CC(=NCCN(C)C)c1ccccc1[O-].CO.CO.F[B-](F)(F)F.F[B-](F)(F)F.[Cu+2].[Cu+2].[Cu+2].[N-]=[N+]=[N-].[N-]=[N+]=[N-]. The third kappa shape index (κ3) is 71.1. The molecule has 0 aromatic heterocycles. The van der Waals surface area contributed by atoms with Crippen LogP contribution in [0, 0.1) is 0 Å². The summed E-state index contributed by atoms with van der Waals surface area (Å²) in [5.74, 6) is 0.0900. The van der Waals surface area contributed by atoms with Gasteiger partial charge in [-0.1, -0.05) is 60.0 Å². The van der Waals surface area contributed by atoms with Gasteiger partial charge in [-0.15, -0.1) is 0 Å². The molecule has 0 unspecified atom stereocenters. The van der Waals surface area contributed by atoms with Crippen molar-refractivity contribution in [2.75, 3.05) is 68.6 Å². The molecule has 2 aromatic carbocycles. The van der Waals surface area contributed by atoms with Crippen LogP contribution < -0.4 is 10.2 Å². The number of aliphatic hydroxyl groups is 2. The minimum Gasteiger partial charge on any atom is -0.872 e. The van der Waals surface area contributed by atoms with Gasteiger partial charge in [-0.25, -0.2) is 0 Å². The summed E-state index contributed by atoms with van der Waals surface area (Å²) in [5, 5.41) is 36.9. The summed E-state index contributed by atoms with van der Waals surface area (Å²) < 4.78 is 78.0. The van der Waals surface area contributed by atoms with Gasteiger partial charge in [-0.05, 0) is 53.2 Å². The molecule has 2 rings (SSSR count). The Morgan fingerprint density at radius 2 is 0.774 bits per heavy atom. The maximum atomic E-state index is 11.5. The van der Waals surface area contributed by atoms with Crippen LogP contribution in [0.2, 0.25) is 0 Å². The third-order valence-electron chi connectivity index (χ3n) is 4.35. The van der Waals surface area contributed by atoms with Crippen molar-refractivity contribution in [1.29, 1.82) is 0 Å². The zero-order valence-electron chi connectivity index (χ0n) is 29.7. The smallest absolute Gasteiger partial charge is 0.872 e. The Balaban J connectivity index is -0.0000000676. The molecule has 2 N–H and O–H groups in total. The summed E-state index contributed by atoms with van der Waals surface area (Å²) in [4.78, 5) is 15.9. The van der Waals surface area contributed by atoms with Crippen molar-refractivity contribution in [3.05, 3.63) is 91.6 Å². The summed E-state index contributed by atoms with van der Waals surface area (Å²) >= 11 is 0. The Morgan fingerprint density at radius 3 is 0.943 bits per heavy atom. The van der Waals surface area contributed by atoms with E-state index in [2.05, 4.69) is 19.8 Å². The molecule has 0 fully saturated rings. The van der Waals surface area contributed by atoms with Crippen LogP contribution in [-0.4, -0.2) is 115 Å². The Labute approximate surface area is 336 Å². The number of aliphatic hydroxyl groups excluding tert-OH is 2.